The van der Waals surface area contributed by atoms with Gasteiger partial charge >= 0.3 is 24.4 Å². The van der Waals surface area contributed by atoms with Crippen LogP contribution in [0.4, 0.5) is 19.2 Å². The van der Waals surface area contributed by atoms with Crippen LogP contribution in [0.25, 0.3) is 0 Å². The van der Waals surface area contributed by atoms with Crippen LogP contribution in [0.15, 0.2) is 121 Å². The number of rotatable bonds is 22. The third-order valence-electron chi connectivity index (χ3n) is 9.20. The van der Waals surface area contributed by atoms with Crippen molar-refractivity contribution in [2.24, 2.45) is 0 Å². The number of likely N-dealkylation sites (N-methyl/N-ethyl adjacent to an activating group) is 2. The quantitative estimate of drug-likeness (QED) is 0.0819. The van der Waals surface area contributed by atoms with Crippen LogP contribution in [-0.4, -0.2) is 119 Å². The molecule has 2 N–H and O–H groups in total. The van der Waals surface area contributed by atoms with E-state index < -0.39 is 36.6 Å². The summed E-state index contributed by atoms with van der Waals surface area (Å²) in [5, 5.41) is 22.4. The second kappa shape index (κ2) is 25.3. The molecule has 0 fully saturated rings. The van der Waals surface area contributed by atoms with Crippen molar-refractivity contribution in [3.8, 4) is 0 Å². The first-order valence-electron chi connectivity index (χ1n) is 19.8. The monoisotopic (exact) mass is 812 g/mol. The van der Waals surface area contributed by atoms with Crippen LogP contribution in [0.2, 0.25) is 0 Å². The summed E-state index contributed by atoms with van der Waals surface area (Å²) in [4.78, 5) is 58.2. The SMILES string of the molecule is CCN(C[C@@H](O)CN(CCCN(C[C@H](O)CN(CC)C(=O)OCc1ccccc1)C(=O)OCc1ccccc1)C(=O)OCc1ccccc1)C(=O)OCc1ccccc1. The van der Waals surface area contributed by atoms with Gasteiger partial charge in [-0.25, -0.2) is 19.2 Å². The fourth-order valence-corrected chi connectivity index (χ4v) is 6.01. The maximum atomic E-state index is 13.5. The number of benzene rings is 4. The van der Waals surface area contributed by atoms with Gasteiger partial charge in [0.2, 0.25) is 0 Å². The molecule has 14 heteroatoms. The van der Waals surface area contributed by atoms with E-state index >= 15 is 0 Å². The Kier molecular flexibility index (Phi) is 19.5. The molecule has 0 heterocycles. The van der Waals surface area contributed by atoms with E-state index in [1.54, 1.807) is 13.8 Å². The summed E-state index contributed by atoms with van der Waals surface area (Å²) in [5.41, 5.74) is 3.18. The van der Waals surface area contributed by atoms with Gasteiger partial charge in [-0.3, -0.25) is 0 Å². The number of hydrogen-bond donors (Lipinski definition) is 2. The Bertz CT molecular complexity index is 1690. The van der Waals surface area contributed by atoms with Gasteiger partial charge in [-0.15, -0.1) is 0 Å². The summed E-state index contributed by atoms with van der Waals surface area (Å²) >= 11 is 0. The topological polar surface area (TPSA) is 159 Å². The summed E-state index contributed by atoms with van der Waals surface area (Å²) in [6.45, 7) is 3.63. The number of aliphatic hydroxyl groups is 2. The molecule has 14 nitrogen and oxygen atoms in total. The van der Waals surface area contributed by atoms with E-state index in [4.69, 9.17) is 18.9 Å². The molecule has 4 aromatic carbocycles. The van der Waals surface area contributed by atoms with Crippen LogP contribution < -0.4 is 0 Å². The standard InChI is InChI=1S/C45H56N4O10/c1-3-46(42(52)56-32-36-18-9-5-10-19-36)28-40(50)30-48(44(54)58-34-38-22-13-7-14-23-38)26-17-27-49(45(55)59-35-39-24-15-8-16-25-39)31-41(51)29-47(4-2)43(53)57-33-37-20-11-6-12-21-37/h5-16,18-25,40-41,50-51H,3-4,17,26-35H2,1-2H3/t40-,41-/m1/s1. The van der Waals surface area contributed by atoms with Gasteiger partial charge in [-0.2, -0.15) is 0 Å². The van der Waals surface area contributed by atoms with Crippen molar-refractivity contribution >= 4 is 24.4 Å². The zero-order chi connectivity index (χ0) is 42.2. The van der Waals surface area contributed by atoms with Crippen molar-refractivity contribution in [1.29, 1.82) is 0 Å². The molecular weight excluding hydrogens is 757 g/mol. The van der Waals surface area contributed by atoms with Crippen molar-refractivity contribution in [3.05, 3.63) is 144 Å². The van der Waals surface area contributed by atoms with Crippen molar-refractivity contribution in [3.63, 3.8) is 0 Å². The number of aliphatic hydroxyl groups excluding tert-OH is 2. The van der Waals surface area contributed by atoms with Gasteiger partial charge < -0.3 is 48.8 Å². The molecule has 4 rings (SSSR count). The predicted octanol–water partition coefficient (Wildman–Crippen LogP) is 6.69. The molecule has 316 valence electrons. The molecule has 0 unspecified atom stereocenters. The lowest BCUT2D eigenvalue weighted by Crippen LogP contribution is -2.47. The highest BCUT2D eigenvalue weighted by Crippen LogP contribution is 2.12. The smallest absolute Gasteiger partial charge is 0.410 e. The lowest BCUT2D eigenvalue weighted by atomic mass is 10.2. The number of amides is 4. The maximum absolute atomic E-state index is 13.5. The van der Waals surface area contributed by atoms with Crippen molar-refractivity contribution in [1.82, 2.24) is 19.6 Å². The highest BCUT2D eigenvalue weighted by atomic mass is 16.6. The van der Waals surface area contributed by atoms with Gasteiger partial charge in [-0.1, -0.05) is 121 Å². The average Bonchev–Trinajstić information content (AvgIpc) is 3.27. The van der Waals surface area contributed by atoms with Crippen molar-refractivity contribution < 1.29 is 48.3 Å². The minimum atomic E-state index is -1.17. The molecule has 0 aliphatic carbocycles. The van der Waals surface area contributed by atoms with Gasteiger partial charge in [0, 0.05) is 26.2 Å². The zero-order valence-corrected chi connectivity index (χ0v) is 33.8. The second-order valence-corrected chi connectivity index (χ2v) is 13.8. The van der Waals surface area contributed by atoms with E-state index in [1.807, 2.05) is 121 Å². The Balaban J connectivity index is 1.40. The summed E-state index contributed by atoms with van der Waals surface area (Å²) in [7, 11) is 0. The molecule has 0 aromatic heterocycles. The largest absolute Gasteiger partial charge is 0.445 e. The van der Waals surface area contributed by atoms with E-state index in [0.29, 0.717) is 0 Å². The minimum Gasteiger partial charge on any atom is -0.445 e. The maximum Gasteiger partial charge on any atom is 0.410 e. The first kappa shape index (κ1) is 45.6. The van der Waals surface area contributed by atoms with Crippen LogP contribution in [-0.2, 0) is 45.4 Å². The molecule has 0 radical (unpaired) electrons. The number of carbonyl (C=O) groups excluding carboxylic acids is 4. The highest BCUT2D eigenvalue weighted by Gasteiger charge is 2.26. The second-order valence-electron chi connectivity index (χ2n) is 13.8. The molecule has 0 saturated carbocycles. The van der Waals surface area contributed by atoms with Gasteiger partial charge in [0.1, 0.15) is 26.4 Å². The molecule has 0 aliphatic heterocycles. The van der Waals surface area contributed by atoms with Crippen LogP contribution >= 0.6 is 0 Å². The van der Waals surface area contributed by atoms with E-state index in [9.17, 15) is 29.4 Å². The van der Waals surface area contributed by atoms with Crippen LogP contribution in [0.5, 0.6) is 0 Å². The Hall–Kier alpha value is -6.12. The van der Waals surface area contributed by atoms with Gasteiger partial charge in [-0.05, 0) is 42.5 Å². The molecule has 2 atom stereocenters. The molecule has 0 aliphatic rings. The number of nitrogens with zero attached hydrogens (tertiary/aromatic N) is 4. The summed E-state index contributed by atoms with van der Waals surface area (Å²) in [5.74, 6) is 0. The van der Waals surface area contributed by atoms with Crippen molar-refractivity contribution in [2.45, 2.75) is 58.9 Å². The van der Waals surface area contributed by atoms with Crippen molar-refractivity contribution in [2.75, 3.05) is 52.4 Å². The zero-order valence-electron chi connectivity index (χ0n) is 33.8. The predicted molar refractivity (Wildman–Crippen MR) is 221 cm³/mol. The first-order valence-corrected chi connectivity index (χ1v) is 19.8. The number of hydrogen-bond acceptors (Lipinski definition) is 10. The molecule has 4 amide bonds. The van der Waals surface area contributed by atoms with E-state index in [1.165, 1.54) is 19.6 Å². The average molecular weight is 813 g/mol. The van der Waals surface area contributed by atoms with Gasteiger partial charge in [0.25, 0.3) is 0 Å². The van der Waals surface area contributed by atoms with Crippen LogP contribution in [0.3, 0.4) is 0 Å². The van der Waals surface area contributed by atoms with Gasteiger partial charge in [0.05, 0.1) is 38.4 Å². The Labute approximate surface area is 346 Å². The normalized spacial score (nSPS) is 11.7. The minimum absolute atomic E-state index is 0.00892. The summed E-state index contributed by atoms with van der Waals surface area (Å²) in [6, 6.07) is 36.8. The van der Waals surface area contributed by atoms with Crippen LogP contribution in [0, 0.1) is 0 Å². The third kappa shape index (κ3) is 16.7. The van der Waals surface area contributed by atoms with E-state index in [0.717, 1.165) is 22.3 Å². The molecule has 4 aromatic rings. The lowest BCUT2D eigenvalue weighted by molar-refractivity contribution is 0.0389. The number of ether oxygens (including phenoxy) is 4. The highest BCUT2D eigenvalue weighted by molar-refractivity contribution is 5.69. The van der Waals surface area contributed by atoms with Gasteiger partial charge in [0.15, 0.2) is 0 Å². The third-order valence-corrected chi connectivity index (χ3v) is 9.20. The summed E-state index contributed by atoms with van der Waals surface area (Å²) < 4.78 is 22.2. The fourth-order valence-electron chi connectivity index (χ4n) is 6.01. The van der Waals surface area contributed by atoms with E-state index in [-0.39, 0.29) is 85.2 Å². The Morgan fingerprint density at radius 1 is 0.424 bits per heavy atom. The Morgan fingerprint density at radius 3 is 0.915 bits per heavy atom. The molecule has 59 heavy (non-hydrogen) atoms. The molecular formula is C45H56N4O10. The van der Waals surface area contributed by atoms with Crippen LogP contribution in [0.1, 0.15) is 42.5 Å². The first-order chi connectivity index (χ1) is 28.6. The summed E-state index contributed by atoms with van der Waals surface area (Å²) in [6.07, 6.45) is -4.75. The molecule has 0 spiro atoms. The fraction of sp³-hybridized carbons (Fsp3) is 0.378. The molecule has 0 bridgehead atoms. The lowest BCUT2D eigenvalue weighted by Gasteiger charge is -2.30. The Morgan fingerprint density at radius 2 is 0.661 bits per heavy atom. The molecule has 0 saturated heterocycles. The number of carbonyl (C=O) groups is 4. The van der Waals surface area contributed by atoms with E-state index in [2.05, 4.69) is 0 Å².